The summed E-state index contributed by atoms with van der Waals surface area (Å²) in [4.78, 5) is 11.5. The van der Waals surface area contributed by atoms with E-state index in [-0.39, 0.29) is 0 Å². The molecule has 0 spiro atoms. The lowest BCUT2D eigenvalue weighted by Crippen LogP contribution is -2.09. The number of ether oxygens (including phenoxy) is 1. The molecule has 0 amide bonds. The maximum absolute atomic E-state index is 11.5. The number of anilines is 2. The van der Waals surface area contributed by atoms with Gasteiger partial charge < -0.3 is 15.8 Å². The molecule has 1 aromatic carbocycles. The van der Waals surface area contributed by atoms with Crippen molar-refractivity contribution in [1.29, 1.82) is 0 Å². The van der Waals surface area contributed by atoms with Crippen LogP contribution in [0, 0.1) is 0 Å². The fraction of sp³-hybridized carbons (Fsp3) is 0.154. The second-order valence-corrected chi connectivity index (χ2v) is 4.52. The van der Waals surface area contributed by atoms with Crippen molar-refractivity contribution in [2.45, 2.75) is 6.54 Å². The van der Waals surface area contributed by atoms with Crippen LogP contribution >= 0.6 is 11.3 Å². The van der Waals surface area contributed by atoms with E-state index in [0.717, 1.165) is 5.69 Å². The maximum atomic E-state index is 11.5. The molecular weight excluding hydrogens is 248 g/mol. The Labute approximate surface area is 109 Å². The fourth-order valence-corrected chi connectivity index (χ4v) is 2.27. The van der Waals surface area contributed by atoms with Crippen molar-refractivity contribution in [2.75, 3.05) is 18.2 Å². The van der Waals surface area contributed by atoms with E-state index in [1.165, 1.54) is 12.7 Å². The van der Waals surface area contributed by atoms with E-state index in [1.807, 2.05) is 17.5 Å². The first-order chi connectivity index (χ1) is 8.72. The number of rotatable bonds is 4. The Bertz CT molecular complexity index is 538. The zero-order valence-electron chi connectivity index (χ0n) is 9.97. The number of thiophene rings is 1. The number of nitrogens with one attached hydrogen (secondary N) is 1. The highest BCUT2D eigenvalue weighted by Crippen LogP contribution is 2.24. The standard InChI is InChI=1S/C13H14N2O2S/c1-17-13(16)10-3-2-4-11(12(10)14)15-7-9-5-6-18-8-9/h2-6,8,15H,7,14H2,1H3. The summed E-state index contributed by atoms with van der Waals surface area (Å²) in [7, 11) is 1.34. The van der Waals surface area contributed by atoms with Crippen molar-refractivity contribution in [2.24, 2.45) is 0 Å². The number of para-hydroxylation sites is 1. The summed E-state index contributed by atoms with van der Waals surface area (Å²) >= 11 is 1.65. The number of hydrogen-bond acceptors (Lipinski definition) is 5. The van der Waals surface area contributed by atoms with Gasteiger partial charge in [0.15, 0.2) is 0 Å². The lowest BCUT2D eigenvalue weighted by molar-refractivity contribution is 0.0602. The van der Waals surface area contributed by atoms with E-state index in [0.29, 0.717) is 17.8 Å². The molecular formula is C13H14N2O2S. The molecule has 0 radical (unpaired) electrons. The average Bonchev–Trinajstić information content (AvgIpc) is 2.90. The molecule has 1 heterocycles. The summed E-state index contributed by atoms with van der Waals surface area (Å²) in [6.07, 6.45) is 0. The van der Waals surface area contributed by atoms with Gasteiger partial charge in [-0.3, -0.25) is 0 Å². The normalized spacial score (nSPS) is 10.1. The smallest absolute Gasteiger partial charge is 0.340 e. The minimum atomic E-state index is -0.424. The van der Waals surface area contributed by atoms with Crippen molar-refractivity contribution in [3.63, 3.8) is 0 Å². The van der Waals surface area contributed by atoms with Gasteiger partial charge in [0, 0.05) is 6.54 Å². The fourth-order valence-electron chi connectivity index (χ4n) is 1.60. The van der Waals surface area contributed by atoms with E-state index in [4.69, 9.17) is 5.73 Å². The van der Waals surface area contributed by atoms with Gasteiger partial charge in [0.05, 0.1) is 24.0 Å². The number of nitrogen functional groups attached to an aromatic ring is 1. The molecule has 94 valence electrons. The Hall–Kier alpha value is -2.01. The van der Waals surface area contributed by atoms with Gasteiger partial charge >= 0.3 is 5.97 Å². The summed E-state index contributed by atoms with van der Waals surface area (Å²) in [5, 5.41) is 7.29. The van der Waals surface area contributed by atoms with Crippen LogP contribution in [-0.2, 0) is 11.3 Å². The van der Waals surface area contributed by atoms with Crippen LogP contribution in [0.3, 0.4) is 0 Å². The molecule has 2 rings (SSSR count). The molecule has 0 aliphatic rings. The SMILES string of the molecule is COC(=O)c1cccc(NCc2ccsc2)c1N. The Morgan fingerprint density at radius 3 is 2.94 bits per heavy atom. The average molecular weight is 262 g/mol. The summed E-state index contributed by atoms with van der Waals surface area (Å²) in [6.45, 7) is 0.679. The van der Waals surface area contributed by atoms with Crippen molar-refractivity contribution in [3.8, 4) is 0 Å². The van der Waals surface area contributed by atoms with Gasteiger partial charge in [0.1, 0.15) is 0 Å². The maximum Gasteiger partial charge on any atom is 0.340 e. The van der Waals surface area contributed by atoms with Crippen molar-refractivity contribution < 1.29 is 9.53 Å². The third-order valence-corrected chi connectivity index (χ3v) is 3.31. The quantitative estimate of drug-likeness (QED) is 0.657. The number of nitrogens with two attached hydrogens (primary N) is 1. The number of carbonyl (C=O) groups excluding carboxylic acids is 1. The summed E-state index contributed by atoms with van der Waals surface area (Å²) in [5.74, 6) is -0.424. The van der Waals surface area contributed by atoms with Crippen LogP contribution in [0.15, 0.2) is 35.0 Å². The predicted molar refractivity (Wildman–Crippen MR) is 73.8 cm³/mol. The Balaban J connectivity index is 2.16. The highest BCUT2D eigenvalue weighted by Gasteiger charge is 2.12. The van der Waals surface area contributed by atoms with Crippen molar-refractivity contribution in [1.82, 2.24) is 0 Å². The lowest BCUT2D eigenvalue weighted by Gasteiger charge is -2.11. The molecule has 4 nitrogen and oxygen atoms in total. The van der Waals surface area contributed by atoms with Gasteiger partial charge in [-0.1, -0.05) is 6.07 Å². The van der Waals surface area contributed by atoms with Crippen LogP contribution in [0.1, 0.15) is 15.9 Å². The van der Waals surface area contributed by atoms with E-state index < -0.39 is 5.97 Å². The molecule has 3 N–H and O–H groups in total. The molecule has 18 heavy (non-hydrogen) atoms. The van der Waals surface area contributed by atoms with Gasteiger partial charge in [-0.05, 0) is 34.5 Å². The van der Waals surface area contributed by atoms with Crippen LogP contribution in [0.4, 0.5) is 11.4 Å². The van der Waals surface area contributed by atoms with E-state index >= 15 is 0 Å². The van der Waals surface area contributed by atoms with Gasteiger partial charge in [-0.25, -0.2) is 4.79 Å². The third kappa shape index (κ3) is 2.62. The van der Waals surface area contributed by atoms with Crippen LogP contribution in [-0.4, -0.2) is 13.1 Å². The first-order valence-corrected chi connectivity index (χ1v) is 6.38. The number of hydrogen-bond donors (Lipinski definition) is 2. The zero-order valence-corrected chi connectivity index (χ0v) is 10.8. The van der Waals surface area contributed by atoms with Crippen LogP contribution in [0.5, 0.6) is 0 Å². The molecule has 0 bridgehead atoms. The molecule has 5 heteroatoms. The molecule has 0 aliphatic heterocycles. The highest BCUT2D eigenvalue weighted by molar-refractivity contribution is 7.07. The summed E-state index contributed by atoms with van der Waals surface area (Å²) in [6, 6.07) is 7.31. The second-order valence-electron chi connectivity index (χ2n) is 3.74. The molecule has 2 aromatic rings. The second kappa shape index (κ2) is 5.55. The van der Waals surface area contributed by atoms with Crippen molar-refractivity contribution in [3.05, 3.63) is 46.2 Å². The predicted octanol–water partition coefficient (Wildman–Crippen LogP) is 2.73. The highest BCUT2D eigenvalue weighted by atomic mass is 32.1. The molecule has 0 unspecified atom stereocenters. The molecule has 0 saturated heterocycles. The lowest BCUT2D eigenvalue weighted by atomic mass is 10.1. The summed E-state index contributed by atoms with van der Waals surface area (Å²) < 4.78 is 4.68. The summed E-state index contributed by atoms with van der Waals surface area (Å²) in [5.41, 5.74) is 8.66. The third-order valence-electron chi connectivity index (χ3n) is 2.57. The molecule has 0 atom stereocenters. The minimum Gasteiger partial charge on any atom is -0.465 e. The van der Waals surface area contributed by atoms with Gasteiger partial charge in [-0.2, -0.15) is 11.3 Å². The van der Waals surface area contributed by atoms with Crippen molar-refractivity contribution >= 4 is 28.7 Å². The topological polar surface area (TPSA) is 64.3 Å². The Morgan fingerprint density at radius 1 is 1.44 bits per heavy atom. The number of carbonyl (C=O) groups is 1. The zero-order chi connectivity index (χ0) is 13.0. The first-order valence-electron chi connectivity index (χ1n) is 5.44. The van der Waals surface area contributed by atoms with Crippen LogP contribution < -0.4 is 11.1 Å². The van der Waals surface area contributed by atoms with Crippen LogP contribution in [0.25, 0.3) is 0 Å². The monoisotopic (exact) mass is 262 g/mol. The van der Waals surface area contributed by atoms with Crippen LogP contribution in [0.2, 0.25) is 0 Å². The molecule has 0 saturated carbocycles. The van der Waals surface area contributed by atoms with E-state index in [1.54, 1.807) is 23.5 Å². The van der Waals surface area contributed by atoms with Gasteiger partial charge in [-0.15, -0.1) is 0 Å². The molecule has 0 fully saturated rings. The minimum absolute atomic E-state index is 0.382. The number of methoxy groups -OCH3 is 1. The number of benzene rings is 1. The van der Waals surface area contributed by atoms with E-state index in [9.17, 15) is 4.79 Å². The Morgan fingerprint density at radius 2 is 2.28 bits per heavy atom. The van der Waals surface area contributed by atoms with Gasteiger partial charge in [0.2, 0.25) is 0 Å². The Kier molecular flexibility index (Phi) is 3.84. The van der Waals surface area contributed by atoms with E-state index in [2.05, 4.69) is 15.4 Å². The molecule has 0 aliphatic carbocycles. The molecule has 1 aromatic heterocycles. The largest absolute Gasteiger partial charge is 0.465 e. The first kappa shape index (κ1) is 12.4. The van der Waals surface area contributed by atoms with Gasteiger partial charge in [0.25, 0.3) is 0 Å². The number of esters is 1.